The molecule has 0 unspecified atom stereocenters. The van der Waals surface area contributed by atoms with Crippen LogP contribution in [0.15, 0.2) is 53.0 Å². The van der Waals surface area contributed by atoms with E-state index in [-0.39, 0.29) is 24.5 Å². The average molecular weight is 489 g/mol. The van der Waals surface area contributed by atoms with E-state index in [1.54, 1.807) is 43.2 Å². The van der Waals surface area contributed by atoms with Crippen LogP contribution in [0, 0.1) is 0 Å². The predicted molar refractivity (Wildman–Crippen MR) is 123 cm³/mol. The number of hydrogen-bond donors (Lipinski definition) is 1. The third-order valence-electron chi connectivity index (χ3n) is 5.56. The Balaban J connectivity index is 1.68. The molecule has 166 valence electrons. The lowest BCUT2D eigenvalue weighted by Gasteiger charge is -2.29. The van der Waals surface area contributed by atoms with Gasteiger partial charge in [0.2, 0.25) is 5.91 Å². The van der Waals surface area contributed by atoms with Crippen molar-refractivity contribution in [3.8, 4) is 11.5 Å². The summed E-state index contributed by atoms with van der Waals surface area (Å²) in [5.74, 6) is 0.920. The van der Waals surface area contributed by atoms with Crippen LogP contribution < -0.4 is 14.8 Å². The normalized spacial score (nSPS) is 14.7. The van der Waals surface area contributed by atoms with Crippen molar-refractivity contribution in [3.63, 3.8) is 0 Å². The summed E-state index contributed by atoms with van der Waals surface area (Å²) in [7, 11) is 1.59. The van der Waals surface area contributed by atoms with E-state index >= 15 is 0 Å². The molecule has 2 amide bonds. The zero-order chi connectivity index (χ0) is 22.2. The monoisotopic (exact) mass is 488 g/mol. The van der Waals surface area contributed by atoms with Crippen LogP contribution in [0.3, 0.4) is 0 Å². The van der Waals surface area contributed by atoms with Crippen LogP contribution >= 0.6 is 15.9 Å². The van der Waals surface area contributed by atoms with E-state index in [0.717, 1.165) is 35.7 Å². The molecule has 0 aliphatic heterocycles. The minimum absolute atomic E-state index is 0.123. The van der Waals surface area contributed by atoms with E-state index in [1.807, 2.05) is 24.3 Å². The molecule has 7 heteroatoms. The largest absolute Gasteiger partial charge is 0.497 e. The van der Waals surface area contributed by atoms with Gasteiger partial charge in [0.1, 0.15) is 17.5 Å². The molecular formula is C24H29BrN2O4. The van der Waals surface area contributed by atoms with Crippen molar-refractivity contribution in [1.29, 1.82) is 0 Å². The third-order valence-corrected chi connectivity index (χ3v) is 6.09. The molecule has 2 aromatic carbocycles. The Morgan fingerprint density at radius 3 is 2.29 bits per heavy atom. The van der Waals surface area contributed by atoms with Crippen LogP contribution in [0.5, 0.6) is 11.5 Å². The average Bonchev–Trinajstić information content (AvgIpc) is 3.30. The summed E-state index contributed by atoms with van der Waals surface area (Å²) in [6.07, 6.45) is 4.27. The van der Waals surface area contributed by atoms with Crippen LogP contribution in [-0.4, -0.2) is 42.5 Å². The van der Waals surface area contributed by atoms with Gasteiger partial charge in [0, 0.05) is 17.1 Å². The molecule has 3 rings (SSSR count). The highest BCUT2D eigenvalue weighted by atomic mass is 79.9. The fraction of sp³-hybridized carbons (Fsp3) is 0.417. The van der Waals surface area contributed by atoms with Crippen molar-refractivity contribution in [1.82, 2.24) is 10.2 Å². The molecule has 6 nitrogen and oxygen atoms in total. The van der Waals surface area contributed by atoms with Crippen molar-refractivity contribution >= 4 is 27.7 Å². The van der Waals surface area contributed by atoms with Crippen molar-refractivity contribution in [2.24, 2.45) is 0 Å². The first kappa shape index (κ1) is 23.1. The van der Waals surface area contributed by atoms with E-state index < -0.39 is 6.04 Å². The quantitative estimate of drug-likeness (QED) is 0.570. The Bertz CT molecular complexity index is 864. The van der Waals surface area contributed by atoms with Gasteiger partial charge in [0.15, 0.2) is 6.61 Å². The van der Waals surface area contributed by atoms with Gasteiger partial charge in [0.25, 0.3) is 5.91 Å². The van der Waals surface area contributed by atoms with E-state index in [1.165, 1.54) is 0 Å². The lowest BCUT2D eigenvalue weighted by atomic mass is 10.1. The van der Waals surface area contributed by atoms with E-state index in [9.17, 15) is 9.59 Å². The van der Waals surface area contributed by atoms with Crippen LogP contribution in [0.1, 0.15) is 38.2 Å². The highest BCUT2D eigenvalue weighted by Crippen LogP contribution is 2.20. The molecule has 1 fully saturated rings. The molecule has 0 radical (unpaired) electrons. The summed E-state index contributed by atoms with van der Waals surface area (Å²) in [5, 5.41) is 3.10. The number of ether oxygens (including phenoxy) is 2. The molecule has 0 heterocycles. The first-order valence-corrected chi connectivity index (χ1v) is 11.4. The summed E-state index contributed by atoms with van der Waals surface area (Å²) in [5.41, 5.74) is 0.946. The Labute approximate surface area is 192 Å². The van der Waals surface area contributed by atoms with Gasteiger partial charge in [-0.1, -0.05) is 40.9 Å². The Morgan fingerprint density at radius 2 is 1.68 bits per heavy atom. The number of carbonyl (C=O) groups excluding carboxylic acids is 2. The fourth-order valence-corrected chi connectivity index (χ4v) is 3.93. The highest BCUT2D eigenvalue weighted by Gasteiger charge is 2.28. The summed E-state index contributed by atoms with van der Waals surface area (Å²) >= 11 is 3.43. The third kappa shape index (κ3) is 6.72. The van der Waals surface area contributed by atoms with Crippen LogP contribution in [0.2, 0.25) is 0 Å². The second-order valence-corrected chi connectivity index (χ2v) is 8.69. The number of rotatable bonds is 9. The number of nitrogens with one attached hydrogen (secondary N) is 1. The number of benzene rings is 2. The fourth-order valence-electron chi connectivity index (χ4n) is 3.66. The topological polar surface area (TPSA) is 67.9 Å². The molecule has 31 heavy (non-hydrogen) atoms. The summed E-state index contributed by atoms with van der Waals surface area (Å²) in [4.78, 5) is 27.5. The summed E-state index contributed by atoms with van der Waals surface area (Å²) in [6.45, 7) is 1.95. The Hall–Kier alpha value is -2.54. The highest BCUT2D eigenvalue weighted by molar-refractivity contribution is 9.10. The van der Waals surface area contributed by atoms with Gasteiger partial charge in [0.05, 0.1) is 7.11 Å². The number of hydrogen-bond acceptors (Lipinski definition) is 4. The number of carbonyl (C=O) groups is 2. The zero-order valence-corrected chi connectivity index (χ0v) is 19.6. The minimum atomic E-state index is -0.601. The maximum absolute atomic E-state index is 13.1. The minimum Gasteiger partial charge on any atom is -0.497 e. The molecule has 1 aliphatic carbocycles. The molecule has 1 atom stereocenters. The zero-order valence-electron chi connectivity index (χ0n) is 18.0. The maximum Gasteiger partial charge on any atom is 0.261 e. The van der Waals surface area contributed by atoms with Crippen molar-refractivity contribution in [2.45, 2.75) is 51.2 Å². The lowest BCUT2D eigenvalue weighted by Crippen LogP contribution is -2.50. The molecule has 0 saturated heterocycles. The lowest BCUT2D eigenvalue weighted by molar-refractivity contribution is -0.142. The number of halogens is 1. The number of nitrogens with zero attached hydrogens (tertiary/aromatic N) is 1. The van der Waals surface area contributed by atoms with Gasteiger partial charge in [-0.15, -0.1) is 0 Å². The molecule has 0 aromatic heterocycles. The Morgan fingerprint density at radius 1 is 1.06 bits per heavy atom. The molecule has 2 aromatic rings. The molecule has 1 saturated carbocycles. The van der Waals surface area contributed by atoms with E-state index in [4.69, 9.17) is 9.47 Å². The molecular weight excluding hydrogens is 460 g/mol. The van der Waals surface area contributed by atoms with Crippen LogP contribution in [0.25, 0.3) is 0 Å². The maximum atomic E-state index is 13.1. The standard InChI is InChI=1S/C24H29BrN2O4/c1-17(24(29)26-20-5-3-4-6-20)27(15-18-7-9-19(25)10-8-18)23(28)16-31-22-13-11-21(30-2)12-14-22/h7-14,17,20H,3-6,15-16H2,1-2H3,(H,26,29)/t17-/m1/s1. The predicted octanol–water partition coefficient (Wildman–Crippen LogP) is 4.31. The number of amides is 2. The summed E-state index contributed by atoms with van der Waals surface area (Å²) < 4.78 is 11.8. The van der Waals surface area contributed by atoms with Crippen molar-refractivity contribution in [2.75, 3.05) is 13.7 Å². The first-order valence-electron chi connectivity index (χ1n) is 10.6. The molecule has 1 aliphatic rings. The smallest absolute Gasteiger partial charge is 0.261 e. The van der Waals surface area contributed by atoms with Crippen molar-refractivity contribution in [3.05, 3.63) is 58.6 Å². The Kier molecular flexibility index (Phi) is 8.35. The SMILES string of the molecule is COc1ccc(OCC(=O)N(Cc2ccc(Br)cc2)[C@H](C)C(=O)NC2CCCC2)cc1. The second-order valence-electron chi connectivity index (χ2n) is 7.78. The van der Waals surface area contributed by atoms with E-state index in [2.05, 4.69) is 21.2 Å². The van der Waals surface area contributed by atoms with Gasteiger partial charge in [-0.25, -0.2) is 0 Å². The number of methoxy groups -OCH3 is 1. The first-order chi connectivity index (χ1) is 15.0. The second kappa shape index (κ2) is 11.2. The van der Waals surface area contributed by atoms with Gasteiger partial charge in [-0.2, -0.15) is 0 Å². The van der Waals surface area contributed by atoms with Gasteiger partial charge >= 0.3 is 0 Å². The van der Waals surface area contributed by atoms with Crippen LogP contribution in [0.4, 0.5) is 0 Å². The summed E-state index contributed by atoms with van der Waals surface area (Å²) in [6, 6.07) is 14.4. The molecule has 0 spiro atoms. The van der Waals surface area contributed by atoms with Crippen molar-refractivity contribution < 1.29 is 19.1 Å². The van der Waals surface area contributed by atoms with E-state index in [0.29, 0.717) is 18.0 Å². The van der Waals surface area contributed by atoms with Crippen LogP contribution in [-0.2, 0) is 16.1 Å². The molecule has 1 N–H and O–H groups in total. The van der Waals surface area contributed by atoms with Gasteiger partial charge in [-0.3, -0.25) is 9.59 Å². The van der Waals surface area contributed by atoms with Gasteiger partial charge in [-0.05, 0) is 61.7 Å². The molecule has 0 bridgehead atoms. The van der Waals surface area contributed by atoms with Gasteiger partial charge < -0.3 is 19.7 Å².